The predicted octanol–water partition coefficient (Wildman–Crippen LogP) is 2.62. The lowest BCUT2D eigenvalue weighted by Crippen LogP contribution is -2.01. The van der Waals surface area contributed by atoms with E-state index in [9.17, 15) is 4.79 Å². The fourth-order valence-electron chi connectivity index (χ4n) is 0.509. The third-order valence-corrected chi connectivity index (χ3v) is 1.15. The van der Waals surface area contributed by atoms with Gasteiger partial charge in [-0.1, -0.05) is 27.7 Å². The van der Waals surface area contributed by atoms with E-state index in [2.05, 4.69) is 18.6 Å². The highest BCUT2D eigenvalue weighted by Crippen LogP contribution is 2.03. The van der Waals surface area contributed by atoms with Crippen molar-refractivity contribution >= 4 is 5.97 Å². The molecule has 0 spiro atoms. The lowest BCUT2D eigenvalue weighted by Gasteiger charge is -2.00. The molecule has 0 aliphatic heterocycles. The maximum atomic E-state index is 10.5. The first-order chi connectivity index (χ1) is 5.16. The first-order valence-electron chi connectivity index (χ1n) is 4.23. The molecule has 0 N–H and O–H groups in total. The SMILES string of the molecule is CC.COC(=O)CCC(C)C. The first-order valence-corrected chi connectivity index (χ1v) is 4.23. The average Bonchev–Trinajstić information content (AvgIpc) is 2.04. The number of hydrogen-bond acceptors (Lipinski definition) is 2. The number of methoxy groups -OCH3 is 1. The summed E-state index contributed by atoms with van der Waals surface area (Å²) in [5, 5.41) is 0. The Morgan fingerprint density at radius 3 is 2.09 bits per heavy atom. The third-order valence-electron chi connectivity index (χ3n) is 1.15. The summed E-state index contributed by atoms with van der Waals surface area (Å²) in [7, 11) is 1.42. The van der Waals surface area contributed by atoms with Crippen molar-refractivity contribution < 1.29 is 9.53 Å². The van der Waals surface area contributed by atoms with Crippen molar-refractivity contribution in [2.45, 2.75) is 40.5 Å². The van der Waals surface area contributed by atoms with E-state index in [1.165, 1.54) is 7.11 Å². The number of carbonyl (C=O) groups excluding carboxylic acids is 1. The van der Waals surface area contributed by atoms with E-state index in [4.69, 9.17) is 0 Å². The molecule has 0 atom stereocenters. The van der Waals surface area contributed by atoms with Crippen molar-refractivity contribution in [2.24, 2.45) is 5.92 Å². The molecule has 68 valence electrons. The van der Waals surface area contributed by atoms with E-state index in [1.54, 1.807) is 0 Å². The van der Waals surface area contributed by atoms with E-state index >= 15 is 0 Å². The molecule has 2 nitrogen and oxygen atoms in total. The Morgan fingerprint density at radius 2 is 1.82 bits per heavy atom. The van der Waals surface area contributed by atoms with Gasteiger partial charge >= 0.3 is 5.97 Å². The maximum Gasteiger partial charge on any atom is 0.305 e. The predicted molar refractivity (Wildman–Crippen MR) is 47.4 cm³/mol. The fraction of sp³-hybridized carbons (Fsp3) is 0.889. The smallest absolute Gasteiger partial charge is 0.305 e. The van der Waals surface area contributed by atoms with Gasteiger partial charge in [0.25, 0.3) is 0 Å². The van der Waals surface area contributed by atoms with Gasteiger partial charge in [-0.25, -0.2) is 0 Å². The lowest BCUT2D eigenvalue weighted by atomic mass is 10.1. The van der Waals surface area contributed by atoms with Crippen LogP contribution in [0.4, 0.5) is 0 Å². The summed E-state index contributed by atoms with van der Waals surface area (Å²) in [6, 6.07) is 0. The average molecular weight is 160 g/mol. The lowest BCUT2D eigenvalue weighted by molar-refractivity contribution is -0.140. The van der Waals surface area contributed by atoms with Crippen LogP contribution in [0.1, 0.15) is 40.5 Å². The highest BCUT2D eigenvalue weighted by molar-refractivity contribution is 5.68. The zero-order valence-corrected chi connectivity index (χ0v) is 8.31. The van der Waals surface area contributed by atoms with Crippen LogP contribution in [-0.2, 0) is 9.53 Å². The van der Waals surface area contributed by atoms with Gasteiger partial charge < -0.3 is 4.74 Å². The van der Waals surface area contributed by atoms with Crippen LogP contribution in [0.2, 0.25) is 0 Å². The molecule has 0 aromatic carbocycles. The summed E-state index contributed by atoms with van der Waals surface area (Å²) < 4.78 is 4.46. The molecule has 2 heteroatoms. The van der Waals surface area contributed by atoms with E-state index in [0.717, 1.165) is 6.42 Å². The molecule has 0 bridgehead atoms. The minimum Gasteiger partial charge on any atom is -0.469 e. The number of esters is 1. The molecule has 0 saturated heterocycles. The van der Waals surface area contributed by atoms with Crippen molar-refractivity contribution in [1.82, 2.24) is 0 Å². The Bertz CT molecular complexity index is 87.6. The summed E-state index contributed by atoms with van der Waals surface area (Å²) in [6.07, 6.45) is 1.47. The summed E-state index contributed by atoms with van der Waals surface area (Å²) in [5.41, 5.74) is 0. The van der Waals surface area contributed by atoms with Crippen LogP contribution in [0.15, 0.2) is 0 Å². The third kappa shape index (κ3) is 12.6. The molecule has 0 unspecified atom stereocenters. The van der Waals surface area contributed by atoms with Crippen LogP contribution in [0.25, 0.3) is 0 Å². The van der Waals surface area contributed by atoms with E-state index in [1.807, 2.05) is 13.8 Å². The minimum absolute atomic E-state index is 0.108. The molecule has 0 saturated carbocycles. The Morgan fingerprint density at radius 1 is 1.36 bits per heavy atom. The number of hydrogen-bond donors (Lipinski definition) is 0. The highest BCUT2D eigenvalue weighted by Gasteiger charge is 2.00. The van der Waals surface area contributed by atoms with Crippen LogP contribution in [0.3, 0.4) is 0 Å². The van der Waals surface area contributed by atoms with Gasteiger partial charge in [-0.3, -0.25) is 4.79 Å². The van der Waals surface area contributed by atoms with Crippen molar-refractivity contribution in [2.75, 3.05) is 7.11 Å². The second kappa shape index (κ2) is 9.47. The fourth-order valence-corrected chi connectivity index (χ4v) is 0.509. The van der Waals surface area contributed by atoms with Crippen molar-refractivity contribution in [3.63, 3.8) is 0 Å². The summed E-state index contributed by atoms with van der Waals surface area (Å²) in [6.45, 7) is 8.17. The van der Waals surface area contributed by atoms with Gasteiger partial charge in [0.2, 0.25) is 0 Å². The standard InChI is InChI=1S/C7H14O2.C2H6/c1-6(2)4-5-7(8)9-3;1-2/h6H,4-5H2,1-3H3;1-2H3. The number of rotatable bonds is 3. The molecule has 0 aromatic rings. The molecule has 0 radical (unpaired) electrons. The Balaban J connectivity index is 0. The monoisotopic (exact) mass is 160 g/mol. The van der Waals surface area contributed by atoms with Gasteiger partial charge in [0.05, 0.1) is 7.11 Å². The van der Waals surface area contributed by atoms with Crippen LogP contribution in [0, 0.1) is 5.92 Å². The summed E-state index contributed by atoms with van der Waals surface area (Å²) in [5.74, 6) is 0.479. The van der Waals surface area contributed by atoms with Gasteiger partial charge in [-0.05, 0) is 12.3 Å². The van der Waals surface area contributed by atoms with Gasteiger partial charge in [0, 0.05) is 6.42 Å². The molecule has 0 rings (SSSR count). The second-order valence-electron chi connectivity index (χ2n) is 2.51. The molecular weight excluding hydrogens is 140 g/mol. The van der Waals surface area contributed by atoms with Crippen LogP contribution in [-0.4, -0.2) is 13.1 Å². The Labute approximate surface area is 69.9 Å². The van der Waals surface area contributed by atoms with Crippen LogP contribution < -0.4 is 0 Å². The normalized spacial score (nSPS) is 8.55. The van der Waals surface area contributed by atoms with Crippen molar-refractivity contribution in [3.05, 3.63) is 0 Å². The summed E-state index contributed by atoms with van der Waals surface area (Å²) >= 11 is 0. The van der Waals surface area contributed by atoms with Gasteiger partial charge in [-0.2, -0.15) is 0 Å². The molecule has 0 aromatic heterocycles. The highest BCUT2D eigenvalue weighted by atomic mass is 16.5. The van der Waals surface area contributed by atoms with Gasteiger partial charge in [0.1, 0.15) is 0 Å². The maximum absolute atomic E-state index is 10.5. The minimum atomic E-state index is -0.108. The second-order valence-corrected chi connectivity index (χ2v) is 2.51. The molecular formula is C9H20O2. The van der Waals surface area contributed by atoms with Crippen molar-refractivity contribution in [1.29, 1.82) is 0 Å². The van der Waals surface area contributed by atoms with Gasteiger partial charge in [0.15, 0.2) is 0 Å². The molecule has 0 amide bonds. The van der Waals surface area contributed by atoms with E-state index in [-0.39, 0.29) is 5.97 Å². The Hall–Kier alpha value is -0.530. The van der Waals surface area contributed by atoms with Crippen molar-refractivity contribution in [3.8, 4) is 0 Å². The number of carbonyl (C=O) groups is 1. The van der Waals surface area contributed by atoms with Crippen LogP contribution in [0.5, 0.6) is 0 Å². The zero-order valence-electron chi connectivity index (χ0n) is 8.31. The molecule has 0 aliphatic rings. The first kappa shape index (κ1) is 13.1. The van der Waals surface area contributed by atoms with Crippen LogP contribution >= 0.6 is 0 Å². The van der Waals surface area contributed by atoms with E-state index in [0.29, 0.717) is 12.3 Å². The zero-order chi connectivity index (χ0) is 9.28. The summed E-state index contributed by atoms with van der Waals surface area (Å²) in [4.78, 5) is 10.5. The van der Waals surface area contributed by atoms with Gasteiger partial charge in [-0.15, -0.1) is 0 Å². The molecule has 11 heavy (non-hydrogen) atoms. The molecule has 0 fully saturated rings. The topological polar surface area (TPSA) is 26.3 Å². The Kier molecular flexibility index (Phi) is 11.3. The largest absolute Gasteiger partial charge is 0.469 e. The number of ether oxygens (including phenoxy) is 1. The quantitative estimate of drug-likeness (QED) is 0.593. The molecule has 0 aliphatic carbocycles. The van der Waals surface area contributed by atoms with E-state index < -0.39 is 0 Å². The molecule has 0 heterocycles.